The molecule has 0 saturated carbocycles. The lowest BCUT2D eigenvalue weighted by atomic mass is 9.94. The molecule has 1 atom stereocenters. The number of aryl methyl sites for hydroxylation is 1. The van der Waals surface area contributed by atoms with Crippen LogP contribution in [0.3, 0.4) is 0 Å². The fourth-order valence-corrected chi connectivity index (χ4v) is 3.62. The van der Waals surface area contributed by atoms with Gasteiger partial charge in [0.15, 0.2) is 0 Å². The smallest absolute Gasteiger partial charge is 0.326 e. The number of aromatic nitrogens is 3. The van der Waals surface area contributed by atoms with E-state index in [1.165, 1.54) is 0 Å². The number of rotatable bonds is 3. The zero-order chi connectivity index (χ0) is 15.0. The summed E-state index contributed by atoms with van der Waals surface area (Å²) in [6.07, 6.45) is 4.52. The van der Waals surface area contributed by atoms with Crippen LogP contribution in [0.1, 0.15) is 63.1 Å². The average Bonchev–Trinajstić information content (AvgIpc) is 2.91. The van der Waals surface area contributed by atoms with E-state index in [0.29, 0.717) is 18.4 Å². The highest BCUT2D eigenvalue weighted by molar-refractivity contribution is 5.72. The molecule has 6 nitrogen and oxygen atoms in total. The van der Waals surface area contributed by atoms with Crippen LogP contribution in [0.4, 0.5) is 0 Å². The van der Waals surface area contributed by atoms with E-state index in [9.17, 15) is 9.90 Å². The maximum atomic E-state index is 11.5. The van der Waals surface area contributed by atoms with E-state index in [1.54, 1.807) is 0 Å². The molecule has 2 aliphatic rings. The summed E-state index contributed by atoms with van der Waals surface area (Å²) in [4.78, 5) is 14.0. The minimum absolute atomic E-state index is 0.348. The van der Waals surface area contributed by atoms with Crippen LogP contribution in [0.5, 0.6) is 0 Å². The maximum Gasteiger partial charge on any atom is 0.326 e. The van der Waals surface area contributed by atoms with Gasteiger partial charge in [0.25, 0.3) is 0 Å². The summed E-state index contributed by atoms with van der Waals surface area (Å²) in [6, 6.07) is 0.104. The molecule has 0 amide bonds. The summed E-state index contributed by atoms with van der Waals surface area (Å²) in [6.45, 7) is 6.56. The van der Waals surface area contributed by atoms with E-state index in [4.69, 9.17) is 0 Å². The topological polar surface area (TPSA) is 71.2 Å². The SMILES string of the molecule is CC(C)N1CCC(c2nnc3n2C(C(=O)O)CCC3)CC1. The lowest BCUT2D eigenvalue weighted by Gasteiger charge is -2.35. The van der Waals surface area contributed by atoms with Crippen LogP contribution >= 0.6 is 0 Å². The summed E-state index contributed by atoms with van der Waals surface area (Å²) < 4.78 is 1.92. The molecule has 3 rings (SSSR count). The highest BCUT2D eigenvalue weighted by Gasteiger charge is 2.33. The number of aliphatic carboxylic acids is 1. The van der Waals surface area contributed by atoms with Gasteiger partial charge >= 0.3 is 5.97 Å². The van der Waals surface area contributed by atoms with Crippen molar-refractivity contribution in [1.82, 2.24) is 19.7 Å². The average molecular weight is 292 g/mol. The van der Waals surface area contributed by atoms with Gasteiger partial charge in [0, 0.05) is 18.4 Å². The molecular formula is C15H24N4O2. The number of nitrogens with zero attached hydrogens (tertiary/aromatic N) is 4. The Hall–Kier alpha value is -1.43. The van der Waals surface area contributed by atoms with Gasteiger partial charge in [0.2, 0.25) is 0 Å². The number of carbonyl (C=O) groups is 1. The van der Waals surface area contributed by atoms with E-state index >= 15 is 0 Å². The first-order chi connectivity index (χ1) is 10.1. The summed E-state index contributed by atoms with van der Waals surface area (Å²) in [5, 5.41) is 18.1. The Morgan fingerprint density at radius 1 is 1.24 bits per heavy atom. The van der Waals surface area contributed by atoms with Crippen LogP contribution in [0.25, 0.3) is 0 Å². The number of fused-ring (bicyclic) bond motifs is 1. The molecule has 0 spiro atoms. The summed E-state index contributed by atoms with van der Waals surface area (Å²) in [5.74, 6) is 1.35. The highest BCUT2D eigenvalue weighted by atomic mass is 16.4. The summed E-state index contributed by atoms with van der Waals surface area (Å²) in [5.41, 5.74) is 0. The number of carboxylic acids is 1. The maximum absolute atomic E-state index is 11.5. The van der Waals surface area contributed by atoms with Gasteiger partial charge in [-0.3, -0.25) is 0 Å². The van der Waals surface area contributed by atoms with E-state index in [2.05, 4.69) is 28.9 Å². The molecule has 1 unspecified atom stereocenters. The van der Waals surface area contributed by atoms with Gasteiger partial charge in [-0.15, -0.1) is 10.2 Å². The third-order valence-electron chi connectivity index (χ3n) is 4.89. The van der Waals surface area contributed by atoms with Gasteiger partial charge in [-0.1, -0.05) is 0 Å². The number of likely N-dealkylation sites (tertiary alicyclic amines) is 1. The molecule has 1 aromatic rings. The van der Waals surface area contributed by atoms with Crippen LogP contribution in [0, 0.1) is 0 Å². The minimum atomic E-state index is -0.753. The van der Waals surface area contributed by atoms with Gasteiger partial charge in [0.1, 0.15) is 17.7 Å². The van der Waals surface area contributed by atoms with Crippen LogP contribution in [0.2, 0.25) is 0 Å². The number of carboxylic acid groups (broad SMARTS) is 1. The predicted octanol–water partition coefficient (Wildman–Crippen LogP) is 1.83. The first-order valence-corrected chi connectivity index (χ1v) is 7.98. The first kappa shape index (κ1) is 14.5. The van der Waals surface area contributed by atoms with Gasteiger partial charge in [0.05, 0.1) is 0 Å². The molecule has 0 bridgehead atoms. The number of hydrogen-bond acceptors (Lipinski definition) is 4. The molecular weight excluding hydrogens is 268 g/mol. The van der Waals surface area contributed by atoms with Crippen molar-refractivity contribution in [2.24, 2.45) is 0 Å². The Balaban J connectivity index is 1.81. The van der Waals surface area contributed by atoms with Gasteiger partial charge in [-0.25, -0.2) is 4.79 Å². The normalized spacial score (nSPS) is 24.2. The molecule has 0 aliphatic carbocycles. The molecule has 0 aromatic carbocycles. The van der Waals surface area contributed by atoms with E-state index < -0.39 is 12.0 Å². The van der Waals surface area contributed by atoms with Crippen LogP contribution in [-0.2, 0) is 11.2 Å². The quantitative estimate of drug-likeness (QED) is 0.920. The third-order valence-corrected chi connectivity index (χ3v) is 4.89. The van der Waals surface area contributed by atoms with Crippen molar-refractivity contribution < 1.29 is 9.90 Å². The predicted molar refractivity (Wildman–Crippen MR) is 78.3 cm³/mol. The summed E-state index contributed by atoms with van der Waals surface area (Å²) >= 11 is 0. The summed E-state index contributed by atoms with van der Waals surface area (Å²) in [7, 11) is 0. The molecule has 2 aliphatic heterocycles. The largest absolute Gasteiger partial charge is 0.480 e. The van der Waals surface area contributed by atoms with E-state index in [0.717, 1.165) is 50.4 Å². The van der Waals surface area contributed by atoms with E-state index in [-0.39, 0.29) is 0 Å². The van der Waals surface area contributed by atoms with Crippen molar-refractivity contribution in [2.75, 3.05) is 13.1 Å². The monoisotopic (exact) mass is 292 g/mol. The molecule has 1 aromatic heterocycles. The first-order valence-electron chi connectivity index (χ1n) is 7.98. The second-order valence-corrected chi connectivity index (χ2v) is 6.49. The van der Waals surface area contributed by atoms with Crippen molar-refractivity contribution in [3.63, 3.8) is 0 Å². The molecule has 1 N–H and O–H groups in total. The molecule has 116 valence electrons. The lowest BCUT2D eigenvalue weighted by molar-refractivity contribution is -0.141. The van der Waals surface area contributed by atoms with Gasteiger partial charge in [-0.2, -0.15) is 0 Å². The molecule has 6 heteroatoms. The van der Waals surface area contributed by atoms with Crippen molar-refractivity contribution in [2.45, 2.75) is 64.0 Å². The van der Waals surface area contributed by atoms with Crippen LogP contribution in [0.15, 0.2) is 0 Å². The lowest BCUT2D eigenvalue weighted by Crippen LogP contribution is -2.38. The van der Waals surface area contributed by atoms with Gasteiger partial charge in [-0.05, 0) is 52.6 Å². The Bertz CT molecular complexity index is 518. The van der Waals surface area contributed by atoms with Crippen molar-refractivity contribution >= 4 is 5.97 Å². The zero-order valence-electron chi connectivity index (χ0n) is 12.8. The number of piperidine rings is 1. The third kappa shape index (κ3) is 2.69. The fourth-order valence-electron chi connectivity index (χ4n) is 3.62. The fraction of sp³-hybridized carbons (Fsp3) is 0.800. The molecule has 1 saturated heterocycles. The van der Waals surface area contributed by atoms with Crippen LogP contribution in [-0.4, -0.2) is 49.9 Å². The molecule has 21 heavy (non-hydrogen) atoms. The van der Waals surface area contributed by atoms with E-state index in [1.807, 2.05) is 4.57 Å². The van der Waals surface area contributed by atoms with Crippen LogP contribution < -0.4 is 0 Å². The van der Waals surface area contributed by atoms with Crippen molar-refractivity contribution in [3.05, 3.63) is 11.6 Å². The Morgan fingerprint density at radius 2 is 1.95 bits per heavy atom. The second kappa shape index (κ2) is 5.75. The Kier molecular flexibility index (Phi) is 3.97. The number of hydrogen-bond donors (Lipinski definition) is 1. The minimum Gasteiger partial charge on any atom is -0.480 e. The Labute approximate surface area is 125 Å². The van der Waals surface area contributed by atoms with Gasteiger partial charge < -0.3 is 14.6 Å². The van der Waals surface area contributed by atoms with Crippen molar-refractivity contribution in [1.29, 1.82) is 0 Å². The Morgan fingerprint density at radius 3 is 2.57 bits per heavy atom. The second-order valence-electron chi connectivity index (χ2n) is 6.49. The molecule has 3 heterocycles. The molecule has 1 fully saturated rings. The molecule has 0 radical (unpaired) electrons. The zero-order valence-corrected chi connectivity index (χ0v) is 12.8. The standard InChI is InChI=1S/C15H24N4O2/c1-10(2)18-8-6-11(7-9-18)14-17-16-13-5-3-4-12(15(20)21)19(13)14/h10-12H,3-9H2,1-2H3,(H,20,21). The highest BCUT2D eigenvalue weighted by Crippen LogP contribution is 2.33. The van der Waals surface area contributed by atoms with Crippen molar-refractivity contribution in [3.8, 4) is 0 Å².